The molecule has 2 N–H and O–H groups in total. The molecule has 0 amide bonds. The minimum Gasteiger partial charge on any atom is -0.465 e. The Balaban J connectivity index is 2.48. The number of esters is 1. The van der Waals surface area contributed by atoms with Crippen LogP contribution in [-0.2, 0) is 9.53 Å². The standard InChI is InChI=1S/C11H21NO2/c1-3-9-5-7-11(12,8-6-9)10(13)14-4-2/h9H,3-8,12H2,1-2H3. The van der Waals surface area contributed by atoms with Gasteiger partial charge in [0.1, 0.15) is 5.54 Å². The van der Waals surface area contributed by atoms with E-state index in [0.29, 0.717) is 6.61 Å². The maximum absolute atomic E-state index is 11.6. The average Bonchev–Trinajstić information content (AvgIpc) is 2.19. The average molecular weight is 199 g/mol. The molecule has 1 saturated carbocycles. The first-order valence-electron chi connectivity index (χ1n) is 5.58. The van der Waals surface area contributed by atoms with Gasteiger partial charge in [0.2, 0.25) is 0 Å². The summed E-state index contributed by atoms with van der Waals surface area (Å²) < 4.78 is 4.99. The predicted molar refractivity (Wildman–Crippen MR) is 55.8 cm³/mol. The molecule has 0 atom stereocenters. The van der Waals surface area contributed by atoms with Crippen LogP contribution in [0.2, 0.25) is 0 Å². The summed E-state index contributed by atoms with van der Waals surface area (Å²) in [5.41, 5.74) is 5.34. The van der Waals surface area contributed by atoms with Crippen LogP contribution < -0.4 is 5.73 Å². The second-order valence-corrected chi connectivity index (χ2v) is 4.23. The molecule has 0 aromatic rings. The van der Waals surface area contributed by atoms with Gasteiger partial charge in [0.25, 0.3) is 0 Å². The van der Waals surface area contributed by atoms with E-state index in [4.69, 9.17) is 10.5 Å². The molecular weight excluding hydrogens is 178 g/mol. The van der Waals surface area contributed by atoms with E-state index < -0.39 is 5.54 Å². The van der Waals surface area contributed by atoms with Gasteiger partial charge in [0.05, 0.1) is 6.61 Å². The first-order valence-corrected chi connectivity index (χ1v) is 5.58. The number of nitrogens with two attached hydrogens (primary N) is 1. The fourth-order valence-corrected chi connectivity index (χ4v) is 2.08. The molecule has 0 radical (unpaired) electrons. The minimum absolute atomic E-state index is 0.213. The van der Waals surface area contributed by atoms with Crippen molar-refractivity contribution in [3.63, 3.8) is 0 Å². The SMILES string of the molecule is CCOC(=O)C1(N)CCC(CC)CC1. The Morgan fingerprint density at radius 2 is 2.00 bits per heavy atom. The number of carbonyl (C=O) groups excluding carboxylic acids is 1. The summed E-state index contributed by atoms with van der Waals surface area (Å²) in [4.78, 5) is 11.6. The van der Waals surface area contributed by atoms with Crippen molar-refractivity contribution >= 4 is 5.97 Å². The molecule has 3 nitrogen and oxygen atoms in total. The Labute approximate surface area is 86.0 Å². The molecule has 1 aliphatic rings. The molecule has 0 bridgehead atoms. The molecule has 1 rings (SSSR count). The van der Waals surface area contributed by atoms with E-state index >= 15 is 0 Å². The zero-order valence-corrected chi connectivity index (χ0v) is 9.21. The van der Waals surface area contributed by atoms with Crippen molar-refractivity contribution < 1.29 is 9.53 Å². The van der Waals surface area contributed by atoms with Crippen LogP contribution in [-0.4, -0.2) is 18.1 Å². The third-order valence-electron chi connectivity index (χ3n) is 3.26. The van der Waals surface area contributed by atoms with Gasteiger partial charge in [-0.15, -0.1) is 0 Å². The molecule has 14 heavy (non-hydrogen) atoms. The van der Waals surface area contributed by atoms with E-state index in [1.165, 1.54) is 6.42 Å². The summed E-state index contributed by atoms with van der Waals surface area (Å²) in [6.45, 7) is 4.44. The van der Waals surface area contributed by atoms with Crippen LogP contribution in [0.3, 0.4) is 0 Å². The van der Waals surface area contributed by atoms with E-state index in [0.717, 1.165) is 31.6 Å². The van der Waals surface area contributed by atoms with Gasteiger partial charge in [-0.05, 0) is 38.5 Å². The third-order valence-corrected chi connectivity index (χ3v) is 3.26. The molecular formula is C11H21NO2. The summed E-state index contributed by atoms with van der Waals surface area (Å²) in [7, 11) is 0. The number of rotatable bonds is 3. The van der Waals surface area contributed by atoms with Gasteiger partial charge in [-0.3, -0.25) is 4.79 Å². The Morgan fingerprint density at radius 1 is 1.43 bits per heavy atom. The zero-order chi connectivity index (χ0) is 10.6. The zero-order valence-electron chi connectivity index (χ0n) is 9.21. The van der Waals surface area contributed by atoms with E-state index in [-0.39, 0.29) is 5.97 Å². The lowest BCUT2D eigenvalue weighted by molar-refractivity contribution is -0.151. The van der Waals surface area contributed by atoms with E-state index in [9.17, 15) is 4.79 Å². The molecule has 0 aromatic carbocycles. The Bertz CT molecular complexity index is 195. The lowest BCUT2D eigenvalue weighted by atomic mass is 9.76. The topological polar surface area (TPSA) is 52.3 Å². The second-order valence-electron chi connectivity index (χ2n) is 4.23. The van der Waals surface area contributed by atoms with Gasteiger partial charge in [-0.25, -0.2) is 0 Å². The van der Waals surface area contributed by atoms with Gasteiger partial charge in [-0.1, -0.05) is 13.3 Å². The first-order chi connectivity index (χ1) is 6.62. The lowest BCUT2D eigenvalue weighted by Crippen LogP contribution is -2.51. The number of carbonyl (C=O) groups is 1. The summed E-state index contributed by atoms with van der Waals surface area (Å²) in [5, 5.41) is 0. The Kier molecular flexibility index (Phi) is 3.93. The largest absolute Gasteiger partial charge is 0.465 e. The highest BCUT2D eigenvalue weighted by Crippen LogP contribution is 2.32. The van der Waals surface area contributed by atoms with Crippen molar-refractivity contribution in [2.45, 2.75) is 51.5 Å². The van der Waals surface area contributed by atoms with Crippen molar-refractivity contribution in [2.24, 2.45) is 11.7 Å². The fraction of sp³-hybridized carbons (Fsp3) is 0.909. The van der Waals surface area contributed by atoms with E-state index in [1.807, 2.05) is 6.92 Å². The van der Waals surface area contributed by atoms with Gasteiger partial charge in [-0.2, -0.15) is 0 Å². The van der Waals surface area contributed by atoms with Crippen molar-refractivity contribution in [3.05, 3.63) is 0 Å². The molecule has 0 unspecified atom stereocenters. The molecule has 0 saturated heterocycles. The van der Waals surface area contributed by atoms with Crippen LogP contribution in [0.4, 0.5) is 0 Å². The highest BCUT2D eigenvalue weighted by molar-refractivity contribution is 5.80. The number of hydrogen-bond donors (Lipinski definition) is 1. The van der Waals surface area contributed by atoms with Crippen LogP contribution in [0.25, 0.3) is 0 Å². The van der Waals surface area contributed by atoms with Crippen molar-refractivity contribution in [1.29, 1.82) is 0 Å². The molecule has 0 aromatic heterocycles. The smallest absolute Gasteiger partial charge is 0.326 e. The van der Waals surface area contributed by atoms with Crippen LogP contribution >= 0.6 is 0 Å². The second kappa shape index (κ2) is 4.78. The summed E-state index contributed by atoms with van der Waals surface area (Å²) >= 11 is 0. The molecule has 0 spiro atoms. The van der Waals surface area contributed by atoms with Crippen molar-refractivity contribution in [3.8, 4) is 0 Å². The Hall–Kier alpha value is -0.570. The van der Waals surface area contributed by atoms with Gasteiger partial charge in [0.15, 0.2) is 0 Å². The molecule has 1 aliphatic carbocycles. The monoisotopic (exact) mass is 199 g/mol. The maximum atomic E-state index is 11.6. The first kappa shape index (κ1) is 11.5. The Morgan fingerprint density at radius 3 is 2.43 bits per heavy atom. The summed E-state index contributed by atoms with van der Waals surface area (Å²) in [5.74, 6) is 0.538. The highest BCUT2D eigenvalue weighted by atomic mass is 16.5. The van der Waals surface area contributed by atoms with Crippen molar-refractivity contribution in [2.75, 3.05) is 6.61 Å². The lowest BCUT2D eigenvalue weighted by Gasteiger charge is -2.34. The maximum Gasteiger partial charge on any atom is 0.326 e. The third kappa shape index (κ3) is 2.47. The van der Waals surface area contributed by atoms with Gasteiger partial charge < -0.3 is 10.5 Å². The number of ether oxygens (including phenoxy) is 1. The highest BCUT2D eigenvalue weighted by Gasteiger charge is 2.38. The molecule has 0 aliphatic heterocycles. The van der Waals surface area contributed by atoms with Gasteiger partial charge >= 0.3 is 5.97 Å². The predicted octanol–water partition coefficient (Wildman–Crippen LogP) is 1.85. The summed E-state index contributed by atoms with van der Waals surface area (Å²) in [6.07, 6.45) is 4.88. The van der Waals surface area contributed by atoms with Crippen LogP contribution in [0.5, 0.6) is 0 Å². The molecule has 0 heterocycles. The number of hydrogen-bond acceptors (Lipinski definition) is 3. The van der Waals surface area contributed by atoms with Crippen LogP contribution in [0.15, 0.2) is 0 Å². The van der Waals surface area contributed by atoms with Gasteiger partial charge in [0, 0.05) is 0 Å². The fourth-order valence-electron chi connectivity index (χ4n) is 2.08. The van der Waals surface area contributed by atoms with Crippen LogP contribution in [0, 0.1) is 5.92 Å². The van der Waals surface area contributed by atoms with Crippen molar-refractivity contribution in [1.82, 2.24) is 0 Å². The quantitative estimate of drug-likeness (QED) is 0.706. The van der Waals surface area contributed by atoms with E-state index in [2.05, 4.69) is 6.92 Å². The van der Waals surface area contributed by atoms with E-state index in [1.54, 1.807) is 0 Å². The normalized spacial score (nSPS) is 32.6. The molecule has 3 heteroatoms. The molecule has 1 fully saturated rings. The molecule has 82 valence electrons. The van der Waals surface area contributed by atoms with Crippen LogP contribution in [0.1, 0.15) is 46.0 Å². The minimum atomic E-state index is -0.693. The summed E-state index contributed by atoms with van der Waals surface area (Å²) in [6, 6.07) is 0.